The SMILES string of the molecule is CN(C(=O)CC[C@H](NC(=O)OC(C)(C)C)c1ccccc1)C1CCCCC1. The minimum atomic E-state index is -0.553. The molecule has 1 aromatic carbocycles. The maximum absolute atomic E-state index is 12.7. The standard InChI is InChI=1S/C22H34N2O3/c1-22(2,3)27-21(26)23-19(17-11-7-5-8-12-17)15-16-20(25)24(4)18-13-9-6-10-14-18/h5,7-8,11-12,18-19H,6,9-10,13-16H2,1-4H3,(H,23,26)/t19-/m0/s1. The van der Waals surface area contributed by atoms with Gasteiger partial charge in [0.15, 0.2) is 0 Å². The fourth-order valence-corrected chi connectivity index (χ4v) is 3.57. The molecule has 0 aromatic heterocycles. The van der Waals surface area contributed by atoms with Gasteiger partial charge in [-0.1, -0.05) is 49.6 Å². The van der Waals surface area contributed by atoms with Gasteiger partial charge in [-0.15, -0.1) is 0 Å². The Kier molecular flexibility index (Phi) is 7.69. The number of carbonyl (C=O) groups excluding carboxylic acids is 2. The Morgan fingerprint density at radius 3 is 2.37 bits per heavy atom. The maximum atomic E-state index is 12.7. The zero-order valence-corrected chi connectivity index (χ0v) is 17.2. The summed E-state index contributed by atoms with van der Waals surface area (Å²) >= 11 is 0. The molecule has 1 saturated carbocycles. The van der Waals surface area contributed by atoms with Crippen molar-refractivity contribution in [3.63, 3.8) is 0 Å². The smallest absolute Gasteiger partial charge is 0.408 e. The average molecular weight is 375 g/mol. The van der Waals surface area contributed by atoms with E-state index in [1.807, 2.05) is 63.1 Å². The van der Waals surface area contributed by atoms with Crippen LogP contribution in [0.15, 0.2) is 30.3 Å². The van der Waals surface area contributed by atoms with Crippen LogP contribution in [0.2, 0.25) is 0 Å². The second-order valence-corrected chi connectivity index (χ2v) is 8.44. The summed E-state index contributed by atoms with van der Waals surface area (Å²) in [5.41, 5.74) is 0.430. The van der Waals surface area contributed by atoms with E-state index in [-0.39, 0.29) is 11.9 Å². The topological polar surface area (TPSA) is 58.6 Å². The van der Waals surface area contributed by atoms with E-state index in [1.165, 1.54) is 19.3 Å². The molecule has 1 aromatic rings. The minimum Gasteiger partial charge on any atom is -0.444 e. The molecule has 2 amide bonds. The van der Waals surface area contributed by atoms with Gasteiger partial charge >= 0.3 is 6.09 Å². The highest BCUT2D eigenvalue weighted by atomic mass is 16.6. The Balaban J connectivity index is 1.97. The van der Waals surface area contributed by atoms with Gasteiger partial charge in [0, 0.05) is 19.5 Å². The number of ether oxygens (including phenoxy) is 1. The van der Waals surface area contributed by atoms with Crippen LogP contribution in [0.1, 0.15) is 77.3 Å². The maximum Gasteiger partial charge on any atom is 0.408 e. The molecule has 1 fully saturated rings. The molecule has 0 spiro atoms. The molecule has 1 N–H and O–H groups in total. The second kappa shape index (κ2) is 9.77. The van der Waals surface area contributed by atoms with E-state index in [4.69, 9.17) is 4.74 Å². The molecule has 0 radical (unpaired) electrons. The second-order valence-electron chi connectivity index (χ2n) is 8.44. The van der Waals surface area contributed by atoms with Crippen molar-refractivity contribution in [2.75, 3.05) is 7.05 Å². The van der Waals surface area contributed by atoms with E-state index in [0.717, 1.165) is 18.4 Å². The van der Waals surface area contributed by atoms with Gasteiger partial charge in [-0.3, -0.25) is 4.79 Å². The Morgan fingerprint density at radius 2 is 1.78 bits per heavy atom. The summed E-state index contributed by atoms with van der Waals surface area (Å²) in [7, 11) is 1.91. The van der Waals surface area contributed by atoms with Crippen molar-refractivity contribution in [1.29, 1.82) is 0 Å². The van der Waals surface area contributed by atoms with Gasteiger partial charge < -0.3 is 15.0 Å². The first-order valence-corrected chi connectivity index (χ1v) is 10.1. The molecule has 1 atom stereocenters. The zero-order chi connectivity index (χ0) is 19.9. The van der Waals surface area contributed by atoms with Gasteiger partial charge in [-0.25, -0.2) is 4.79 Å². The quantitative estimate of drug-likeness (QED) is 0.776. The average Bonchev–Trinajstić information content (AvgIpc) is 2.64. The van der Waals surface area contributed by atoms with E-state index in [9.17, 15) is 9.59 Å². The molecule has 150 valence electrons. The van der Waals surface area contributed by atoms with Crippen molar-refractivity contribution in [2.45, 2.75) is 83.4 Å². The van der Waals surface area contributed by atoms with Gasteiger partial charge in [0.2, 0.25) is 5.91 Å². The van der Waals surface area contributed by atoms with E-state index in [1.54, 1.807) is 0 Å². The van der Waals surface area contributed by atoms with E-state index >= 15 is 0 Å². The molecule has 0 heterocycles. The summed E-state index contributed by atoms with van der Waals surface area (Å²) in [6.07, 6.45) is 6.38. The van der Waals surface area contributed by atoms with Crippen LogP contribution in [0.25, 0.3) is 0 Å². The molecule has 5 heteroatoms. The fraction of sp³-hybridized carbons (Fsp3) is 0.636. The van der Waals surface area contributed by atoms with E-state index in [2.05, 4.69) is 5.32 Å². The Morgan fingerprint density at radius 1 is 1.15 bits per heavy atom. The number of hydrogen-bond acceptors (Lipinski definition) is 3. The Bertz CT molecular complexity index is 604. The lowest BCUT2D eigenvalue weighted by molar-refractivity contribution is -0.132. The van der Waals surface area contributed by atoms with Gasteiger partial charge in [0.05, 0.1) is 6.04 Å². The molecule has 0 unspecified atom stereocenters. The third kappa shape index (κ3) is 7.24. The van der Waals surface area contributed by atoms with Crippen LogP contribution < -0.4 is 5.32 Å². The van der Waals surface area contributed by atoms with Crippen LogP contribution in [0.5, 0.6) is 0 Å². The molecule has 27 heavy (non-hydrogen) atoms. The number of carbonyl (C=O) groups is 2. The number of nitrogens with zero attached hydrogens (tertiary/aromatic N) is 1. The van der Waals surface area contributed by atoms with Crippen molar-refractivity contribution in [3.05, 3.63) is 35.9 Å². The molecule has 0 bridgehead atoms. The molecule has 0 aliphatic heterocycles. The van der Waals surface area contributed by atoms with E-state index in [0.29, 0.717) is 18.9 Å². The van der Waals surface area contributed by atoms with Crippen molar-refractivity contribution in [3.8, 4) is 0 Å². The van der Waals surface area contributed by atoms with Crippen molar-refractivity contribution >= 4 is 12.0 Å². The van der Waals surface area contributed by atoms with E-state index < -0.39 is 11.7 Å². The highest BCUT2D eigenvalue weighted by Crippen LogP contribution is 2.24. The molecular weight excluding hydrogens is 340 g/mol. The lowest BCUT2D eigenvalue weighted by atomic mass is 9.94. The number of alkyl carbamates (subject to hydrolysis) is 1. The molecule has 1 aliphatic rings. The van der Waals surface area contributed by atoms with Gasteiger partial charge in [0.1, 0.15) is 5.60 Å². The summed E-state index contributed by atoms with van der Waals surface area (Å²) < 4.78 is 5.39. The summed E-state index contributed by atoms with van der Waals surface area (Å²) in [6, 6.07) is 9.87. The highest BCUT2D eigenvalue weighted by Gasteiger charge is 2.24. The molecule has 0 saturated heterocycles. The van der Waals surface area contributed by atoms with Crippen molar-refractivity contribution in [1.82, 2.24) is 10.2 Å². The van der Waals surface area contributed by atoms with Crippen LogP contribution in [0.4, 0.5) is 4.79 Å². The van der Waals surface area contributed by atoms with Crippen molar-refractivity contribution < 1.29 is 14.3 Å². The lowest BCUT2D eigenvalue weighted by Gasteiger charge is -2.32. The number of amides is 2. The molecule has 1 aliphatic carbocycles. The zero-order valence-electron chi connectivity index (χ0n) is 17.2. The Hall–Kier alpha value is -2.04. The highest BCUT2D eigenvalue weighted by molar-refractivity contribution is 5.76. The molecular formula is C22H34N2O3. The van der Waals surface area contributed by atoms with Crippen LogP contribution in [-0.2, 0) is 9.53 Å². The summed E-state index contributed by atoms with van der Waals surface area (Å²) in [6.45, 7) is 5.52. The minimum absolute atomic E-state index is 0.147. The van der Waals surface area contributed by atoms with Crippen LogP contribution in [0, 0.1) is 0 Å². The first-order chi connectivity index (χ1) is 12.8. The predicted molar refractivity (Wildman–Crippen MR) is 107 cm³/mol. The van der Waals surface area contributed by atoms with Crippen LogP contribution >= 0.6 is 0 Å². The monoisotopic (exact) mass is 374 g/mol. The van der Waals surface area contributed by atoms with Crippen LogP contribution in [-0.4, -0.2) is 35.6 Å². The van der Waals surface area contributed by atoms with Crippen molar-refractivity contribution in [2.24, 2.45) is 0 Å². The first-order valence-electron chi connectivity index (χ1n) is 10.1. The number of rotatable bonds is 6. The Labute approximate surface area is 163 Å². The van der Waals surface area contributed by atoms with Gasteiger partial charge in [-0.2, -0.15) is 0 Å². The summed E-state index contributed by atoms with van der Waals surface area (Å²) in [4.78, 5) is 26.8. The predicted octanol–water partition coefficient (Wildman–Crippen LogP) is 4.82. The first kappa shape index (κ1) is 21.3. The third-order valence-corrected chi connectivity index (χ3v) is 5.06. The molecule has 5 nitrogen and oxygen atoms in total. The molecule has 2 rings (SSSR count). The van der Waals surface area contributed by atoms with Gasteiger partial charge in [0.25, 0.3) is 0 Å². The normalized spacial score (nSPS) is 16.4. The number of nitrogens with one attached hydrogen (secondary N) is 1. The summed E-state index contributed by atoms with van der Waals surface area (Å²) in [5.74, 6) is 0.147. The number of hydrogen-bond donors (Lipinski definition) is 1. The fourth-order valence-electron chi connectivity index (χ4n) is 3.57. The van der Waals surface area contributed by atoms with Crippen LogP contribution in [0.3, 0.4) is 0 Å². The van der Waals surface area contributed by atoms with Gasteiger partial charge in [-0.05, 0) is 45.6 Å². The summed E-state index contributed by atoms with van der Waals surface area (Å²) in [5, 5.41) is 2.93. The number of benzene rings is 1. The third-order valence-electron chi connectivity index (χ3n) is 5.06. The largest absolute Gasteiger partial charge is 0.444 e. The lowest BCUT2D eigenvalue weighted by Crippen LogP contribution is -2.39.